The maximum Gasteiger partial charge on any atom is 0.252 e. The highest BCUT2D eigenvalue weighted by Gasteiger charge is 2.44. The van der Waals surface area contributed by atoms with E-state index in [-0.39, 0.29) is 0 Å². The summed E-state index contributed by atoms with van der Waals surface area (Å²) in [4.78, 5) is 20.4. The van der Waals surface area contributed by atoms with Crippen molar-refractivity contribution in [1.29, 1.82) is 10.5 Å². The molecule has 0 radical (unpaired) electrons. The molecule has 0 saturated heterocycles. The van der Waals surface area contributed by atoms with Gasteiger partial charge in [-0.05, 0) is 187 Å². The van der Waals surface area contributed by atoms with Crippen molar-refractivity contribution in [3.8, 4) is 108 Å². The molecule has 18 rings (SSSR count). The first-order valence-electron chi connectivity index (χ1n) is 32.9. The lowest BCUT2D eigenvalue weighted by Crippen LogP contribution is -2.61. The lowest BCUT2D eigenvalue weighted by Gasteiger charge is -2.44. The van der Waals surface area contributed by atoms with Gasteiger partial charge < -0.3 is 14.4 Å². The quantitative estimate of drug-likeness (QED) is 0.119. The van der Waals surface area contributed by atoms with Crippen LogP contribution < -0.4 is 26.2 Å². The first kappa shape index (κ1) is 57.2. The van der Waals surface area contributed by atoms with Gasteiger partial charge in [-0.1, -0.05) is 218 Å². The molecule has 2 aromatic heterocycles. The summed E-state index contributed by atoms with van der Waals surface area (Å²) in [5.41, 5.74) is 26.1. The molecule has 0 saturated carbocycles. The zero-order valence-electron chi connectivity index (χ0n) is 52.9. The summed E-state index contributed by atoms with van der Waals surface area (Å²) in [6.07, 6.45) is 0. The molecule has 0 fully saturated rings. The van der Waals surface area contributed by atoms with E-state index in [9.17, 15) is 10.5 Å². The van der Waals surface area contributed by atoms with Crippen LogP contribution in [0.4, 0.5) is 34.1 Å². The predicted octanol–water partition coefficient (Wildman–Crippen LogP) is 20.1. The second kappa shape index (κ2) is 23.8. The molecule has 0 spiro atoms. The van der Waals surface area contributed by atoms with Crippen molar-refractivity contribution in [2.24, 2.45) is 0 Å². The molecular formula is C89H55BN8. The molecule has 0 amide bonds. The largest absolute Gasteiger partial charge is 0.311 e. The van der Waals surface area contributed by atoms with Crippen molar-refractivity contribution in [2.75, 3.05) is 9.80 Å². The molecule has 2 aliphatic heterocycles. The number of benzene rings is 14. The topological polar surface area (TPSA) is 97.7 Å². The zero-order chi connectivity index (χ0) is 65.2. The average Bonchev–Trinajstić information content (AvgIpc) is 0.770. The Labute approximate surface area is 567 Å². The van der Waals surface area contributed by atoms with Crippen molar-refractivity contribution in [1.82, 2.24) is 19.5 Å². The maximum atomic E-state index is 10.9. The third-order valence-electron chi connectivity index (χ3n) is 19.2. The van der Waals surface area contributed by atoms with Gasteiger partial charge in [0.1, 0.15) is 0 Å². The van der Waals surface area contributed by atoms with Gasteiger partial charge in [0.05, 0.1) is 40.0 Å². The van der Waals surface area contributed by atoms with E-state index in [2.05, 4.69) is 287 Å². The van der Waals surface area contributed by atoms with E-state index < -0.39 is 6.71 Å². The van der Waals surface area contributed by atoms with Crippen molar-refractivity contribution in [3.05, 3.63) is 345 Å². The first-order chi connectivity index (χ1) is 48.5. The number of para-hydroxylation sites is 2. The SMILES string of the molecule is N#Cc1ccc2c(c1)B1c3cc(C#N)ccc3N(c3cc(-c4ccccc4)cc(-c4ccccc4)c3)c3cc(-c4ccc5c(c4)c4ccccc4n5-c4ccccc4-c4nc(-c5ccccc5)nc(-c5ccccc5)n4)cc(c31)N2c1cc(-c2ccccc2)cc(-c2ccccc2)c1. The number of hydrogen-bond donors (Lipinski definition) is 0. The summed E-state index contributed by atoms with van der Waals surface area (Å²) in [6, 6.07) is 122. The Morgan fingerprint density at radius 2 is 0.653 bits per heavy atom. The molecule has 4 heterocycles. The number of nitriles is 2. The number of rotatable bonds is 11. The summed E-state index contributed by atoms with van der Waals surface area (Å²) in [7, 11) is 0. The fourth-order valence-corrected chi connectivity index (χ4v) is 14.7. The standard InChI is InChI=1S/C89H55BN8/c91-56-58-39-42-82-77(45-58)90-78-46-59(57-92)40-43-83(78)97(73-51-69(62-27-11-3-12-28-62)48-70(52-73)63-29-13-4-14-30-63)85-55-71(54-84(86(85)90)96(82)72-49-67(60-23-7-1-8-24-60)47-68(50-72)61-25-9-2-10-26-61)66-41-44-81-76(53-66)74-35-19-21-37-79(74)98(81)80-38-22-20-36-75(80)89-94-87(64-31-15-5-16-32-64)93-88(95-89)65-33-17-6-18-34-65/h1-55H. The molecule has 0 N–H and O–H groups in total. The number of fused-ring (bicyclic) bond motifs is 7. The molecule has 0 unspecified atom stereocenters. The normalized spacial score (nSPS) is 12.0. The molecular weight excluding hydrogens is 1190 g/mol. The second-order valence-electron chi connectivity index (χ2n) is 24.9. The number of anilines is 6. The van der Waals surface area contributed by atoms with Crippen molar-refractivity contribution < 1.29 is 0 Å². The molecule has 454 valence electrons. The fraction of sp³-hybridized carbons (Fsp3) is 0. The van der Waals surface area contributed by atoms with E-state index in [1.807, 2.05) is 72.8 Å². The van der Waals surface area contributed by atoms with E-state index in [0.717, 1.165) is 150 Å². The number of aromatic nitrogens is 4. The van der Waals surface area contributed by atoms with Crippen LogP contribution in [0.5, 0.6) is 0 Å². The Morgan fingerprint density at radius 1 is 0.265 bits per heavy atom. The van der Waals surface area contributed by atoms with Gasteiger partial charge in [-0.25, -0.2) is 15.0 Å². The van der Waals surface area contributed by atoms with Crippen molar-refractivity contribution >= 4 is 79.0 Å². The molecule has 9 heteroatoms. The van der Waals surface area contributed by atoms with Crippen LogP contribution in [0.3, 0.4) is 0 Å². The van der Waals surface area contributed by atoms with Gasteiger partial charge in [0.15, 0.2) is 17.5 Å². The lowest BCUT2D eigenvalue weighted by atomic mass is 9.33. The van der Waals surface area contributed by atoms with Crippen molar-refractivity contribution in [2.45, 2.75) is 0 Å². The van der Waals surface area contributed by atoms with Crippen LogP contribution in [0.15, 0.2) is 334 Å². The van der Waals surface area contributed by atoms with Gasteiger partial charge in [-0.3, -0.25) is 0 Å². The number of nitrogens with zero attached hydrogens (tertiary/aromatic N) is 8. The highest BCUT2D eigenvalue weighted by molar-refractivity contribution is 7.00. The second-order valence-corrected chi connectivity index (χ2v) is 24.9. The minimum atomic E-state index is -0.401. The van der Waals surface area contributed by atoms with Gasteiger partial charge in [-0.2, -0.15) is 10.5 Å². The number of hydrogen-bond acceptors (Lipinski definition) is 7. The molecule has 0 aliphatic carbocycles. The van der Waals surface area contributed by atoms with E-state index in [0.29, 0.717) is 28.6 Å². The van der Waals surface area contributed by atoms with Gasteiger partial charge in [0, 0.05) is 61.6 Å². The summed E-state index contributed by atoms with van der Waals surface area (Å²) in [5, 5.41) is 23.9. The van der Waals surface area contributed by atoms with Gasteiger partial charge in [-0.15, -0.1) is 0 Å². The molecule has 14 aromatic carbocycles. The highest BCUT2D eigenvalue weighted by atomic mass is 15.2. The van der Waals surface area contributed by atoms with E-state index in [1.54, 1.807) is 0 Å². The monoisotopic (exact) mass is 1250 g/mol. The minimum absolute atomic E-state index is 0.401. The summed E-state index contributed by atoms with van der Waals surface area (Å²) < 4.78 is 2.36. The first-order valence-corrected chi connectivity index (χ1v) is 32.9. The Hall–Kier alpha value is -13.5. The van der Waals surface area contributed by atoms with Crippen LogP contribution in [0.25, 0.3) is 117 Å². The van der Waals surface area contributed by atoms with Crippen LogP contribution in [-0.2, 0) is 0 Å². The molecule has 2 aliphatic rings. The molecule has 0 bridgehead atoms. The Balaban J connectivity index is 0.911. The van der Waals surface area contributed by atoms with E-state index in [4.69, 9.17) is 15.0 Å². The maximum absolute atomic E-state index is 10.9. The summed E-state index contributed by atoms with van der Waals surface area (Å²) in [6.45, 7) is -0.401. The van der Waals surface area contributed by atoms with Crippen molar-refractivity contribution in [3.63, 3.8) is 0 Å². The van der Waals surface area contributed by atoms with Gasteiger partial charge >= 0.3 is 0 Å². The Kier molecular flexibility index (Phi) is 13.9. The summed E-state index contributed by atoms with van der Waals surface area (Å²) in [5.74, 6) is 1.75. The van der Waals surface area contributed by atoms with Crippen LogP contribution in [-0.4, -0.2) is 26.2 Å². The highest BCUT2D eigenvalue weighted by Crippen LogP contribution is 2.50. The predicted molar refractivity (Wildman–Crippen MR) is 401 cm³/mol. The zero-order valence-corrected chi connectivity index (χ0v) is 52.9. The minimum Gasteiger partial charge on any atom is -0.311 e. The van der Waals surface area contributed by atoms with Crippen LogP contribution in [0, 0.1) is 22.7 Å². The van der Waals surface area contributed by atoms with Gasteiger partial charge in [0.2, 0.25) is 0 Å². The summed E-state index contributed by atoms with van der Waals surface area (Å²) >= 11 is 0. The third kappa shape index (κ3) is 9.89. The van der Waals surface area contributed by atoms with Crippen LogP contribution in [0.2, 0.25) is 0 Å². The smallest absolute Gasteiger partial charge is 0.252 e. The Bertz CT molecular complexity index is 5520. The average molecular weight is 1250 g/mol. The lowest BCUT2D eigenvalue weighted by molar-refractivity contribution is 1.06. The third-order valence-corrected chi connectivity index (χ3v) is 19.2. The molecule has 98 heavy (non-hydrogen) atoms. The van der Waals surface area contributed by atoms with Crippen LogP contribution in [0.1, 0.15) is 11.1 Å². The van der Waals surface area contributed by atoms with Crippen LogP contribution >= 0.6 is 0 Å². The fourth-order valence-electron chi connectivity index (χ4n) is 14.7. The molecule has 16 aromatic rings. The van der Waals surface area contributed by atoms with E-state index >= 15 is 0 Å². The Morgan fingerprint density at radius 3 is 1.11 bits per heavy atom. The van der Waals surface area contributed by atoms with E-state index in [1.165, 1.54) is 0 Å². The molecule has 0 atom stereocenters. The van der Waals surface area contributed by atoms with Gasteiger partial charge in [0.25, 0.3) is 6.71 Å². The molecule has 8 nitrogen and oxygen atoms in total.